The van der Waals surface area contributed by atoms with Crippen LogP contribution < -0.4 is 0 Å². The van der Waals surface area contributed by atoms with Gasteiger partial charge in [-0.05, 0) is 61.1 Å². The summed E-state index contributed by atoms with van der Waals surface area (Å²) in [5, 5.41) is 4.23. The fourth-order valence-electron chi connectivity index (χ4n) is 7.65. The van der Waals surface area contributed by atoms with Gasteiger partial charge in [0.05, 0.1) is 29.6 Å². The molecule has 15 heteroatoms. The molecule has 0 unspecified atom stereocenters. The molecule has 0 aliphatic carbocycles. The number of carbonyl (C=O) groups excluding carboxylic acids is 5. The van der Waals surface area contributed by atoms with Gasteiger partial charge in [-0.2, -0.15) is 0 Å². The van der Waals surface area contributed by atoms with Crippen molar-refractivity contribution in [1.82, 2.24) is 4.90 Å². The first kappa shape index (κ1) is 41.3. The van der Waals surface area contributed by atoms with Crippen LogP contribution in [0.2, 0.25) is 0 Å². The second-order valence-electron chi connectivity index (χ2n) is 14.5. The fraction of sp³-hybridized carbons (Fsp3) is 0.829. The number of oxime groups is 1. The lowest BCUT2D eigenvalue weighted by Gasteiger charge is -2.47. The molecular weight excluding hydrogens is 656 g/mol. The molecule has 284 valence electrons. The average Bonchev–Trinajstić information content (AvgIpc) is 3.35. The van der Waals surface area contributed by atoms with E-state index in [9.17, 15) is 24.0 Å². The topological polar surface area (TPSA) is 175 Å². The number of carbonyl (C=O) groups is 5. The van der Waals surface area contributed by atoms with Gasteiger partial charge in [0.25, 0.3) is 0 Å². The Hall–Kier alpha value is -3.14. The molecule has 15 nitrogen and oxygen atoms in total. The first-order valence-electron chi connectivity index (χ1n) is 17.3. The van der Waals surface area contributed by atoms with Gasteiger partial charge in [-0.25, -0.2) is 9.59 Å². The van der Waals surface area contributed by atoms with Crippen LogP contribution in [0.15, 0.2) is 5.16 Å². The number of rotatable bonds is 7. The van der Waals surface area contributed by atoms with Crippen LogP contribution in [0.25, 0.3) is 0 Å². The zero-order valence-corrected chi connectivity index (χ0v) is 31.7. The summed E-state index contributed by atoms with van der Waals surface area (Å²) in [6.07, 6.45) is -5.45. The minimum Gasteiger partial charge on any atom is -0.457 e. The van der Waals surface area contributed by atoms with Gasteiger partial charge in [0.1, 0.15) is 12.0 Å². The normalized spacial score (nSPS) is 41.0. The van der Waals surface area contributed by atoms with Gasteiger partial charge >= 0.3 is 24.1 Å². The molecule has 0 saturated carbocycles. The lowest BCUT2D eigenvalue weighted by Crippen LogP contribution is -2.60. The Bertz CT molecular complexity index is 1300. The summed E-state index contributed by atoms with van der Waals surface area (Å²) in [4.78, 5) is 72.0. The molecule has 0 aromatic rings. The Morgan fingerprint density at radius 2 is 1.62 bits per heavy atom. The van der Waals surface area contributed by atoms with Crippen LogP contribution in [0, 0.1) is 23.7 Å². The van der Waals surface area contributed by atoms with E-state index in [2.05, 4.69) is 5.16 Å². The number of esters is 2. The van der Waals surface area contributed by atoms with Gasteiger partial charge in [0.2, 0.25) is 0 Å². The third-order valence-corrected chi connectivity index (χ3v) is 10.4. The van der Waals surface area contributed by atoms with E-state index in [0.717, 1.165) is 0 Å². The summed E-state index contributed by atoms with van der Waals surface area (Å²) in [7, 11) is 5.20. The fourth-order valence-corrected chi connectivity index (χ4v) is 7.65. The largest absolute Gasteiger partial charge is 0.509 e. The van der Waals surface area contributed by atoms with Crippen LogP contribution in [-0.2, 0) is 57.2 Å². The number of ether oxygens (including phenoxy) is 7. The predicted molar refractivity (Wildman–Crippen MR) is 178 cm³/mol. The van der Waals surface area contributed by atoms with Crippen molar-refractivity contribution < 1.29 is 62.0 Å². The third-order valence-electron chi connectivity index (χ3n) is 10.4. The Kier molecular flexibility index (Phi) is 13.6. The number of fused-ring (bicyclic) bond motifs is 1. The Labute approximate surface area is 294 Å². The lowest BCUT2D eigenvalue weighted by atomic mass is 9.74. The van der Waals surface area contributed by atoms with Crippen molar-refractivity contribution in [2.75, 3.05) is 21.2 Å². The number of hydrogen-bond donors (Lipinski definition) is 0. The molecule has 3 saturated heterocycles. The van der Waals surface area contributed by atoms with E-state index in [4.69, 9.17) is 38.0 Å². The number of methoxy groups -OCH3 is 1. The van der Waals surface area contributed by atoms with Crippen molar-refractivity contribution in [3.05, 3.63) is 0 Å². The van der Waals surface area contributed by atoms with Crippen molar-refractivity contribution in [2.45, 2.75) is 143 Å². The number of likely N-dealkylation sites (N-methyl/N-ethyl adjacent to an activating group) is 1. The van der Waals surface area contributed by atoms with E-state index in [0.29, 0.717) is 12.1 Å². The van der Waals surface area contributed by atoms with Gasteiger partial charge in [-0.1, -0.05) is 32.9 Å². The minimum absolute atomic E-state index is 0.141. The minimum atomic E-state index is -1.48. The summed E-state index contributed by atoms with van der Waals surface area (Å²) in [5.41, 5.74) is -2.44. The van der Waals surface area contributed by atoms with Crippen molar-refractivity contribution in [1.29, 1.82) is 0 Å². The first-order valence-corrected chi connectivity index (χ1v) is 17.3. The zero-order valence-electron chi connectivity index (χ0n) is 31.7. The molecule has 13 atom stereocenters. The van der Waals surface area contributed by atoms with Crippen LogP contribution in [0.5, 0.6) is 0 Å². The molecule has 0 amide bonds. The summed E-state index contributed by atoms with van der Waals surface area (Å²) in [6, 6.07) is -0.279. The molecule has 3 aliphatic heterocycles. The second-order valence-corrected chi connectivity index (χ2v) is 14.5. The van der Waals surface area contributed by atoms with Crippen LogP contribution in [0.3, 0.4) is 0 Å². The summed E-state index contributed by atoms with van der Waals surface area (Å²) < 4.78 is 42.3. The quantitative estimate of drug-likeness (QED) is 0.122. The van der Waals surface area contributed by atoms with Gasteiger partial charge in [0.15, 0.2) is 29.9 Å². The predicted octanol–water partition coefficient (Wildman–Crippen LogP) is 3.83. The van der Waals surface area contributed by atoms with Crippen LogP contribution in [-0.4, -0.2) is 116 Å². The maximum Gasteiger partial charge on any atom is 0.509 e. The number of ketones is 1. The van der Waals surface area contributed by atoms with Crippen LogP contribution in [0.4, 0.5) is 4.79 Å². The molecule has 0 bridgehead atoms. The number of cyclic esters (lactones) is 1. The molecular formula is C35H56N2O13. The van der Waals surface area contributed by atoms with Crippen molar-refractivity contribution in [3.8, 4) is 0 Å². The first-order chi connectivity index (χ1) is 23.2. The van der Waals surface area contributed by atoms with Crippen LogP contribution >= 0.6 is 0 Å². The Morgan fingerprint density at radius 3 is 2.16 bits per heavy atom. The van der Waals surface area contributed by atoms with Gasteiger partial charge in [0, 0.05) is 38.7 Å². The third kappa shape index (κ3) is 8.83. The molecule has 0 N–H and O–H groups in total. The maximum atomic E-state index is 14.2. The van der Waals surface area contributed by atoms with E-state index in [1.165, 1.54) is 27.9 Å². The molecule has 0 aromatic heterocycles. The monoisotopic (exact) mass is 712 g/mol. The van der Waals surface area contributed by atoms with Crippen molar-refractivity contribution in [3.63, 3.8) is 0 Å². The Morgan fingerprint density at radius 1 is 0.980 bits per heavy atom. The molecule has 0 radical (unpaired) electrons. The highest BCUT2D eigenvalue weighted by molar-refractivity contribution is 6.00. The standard InChI is InChI=1S/C35H56N2O13/c1-14-25-35(10)30(48-33(42)49-35)19(4)26(36-50-23(8)39)17(2)16-34(9,43-13)29(20(5)27(40)21(6)31(41)46-25)47-32-28(45-22(7)38)24(37(11)12)15-18(3)44-32/h17-21,24-25,28-30,32H,14-16H2,1-13H3/b36-26+/t17-,18-,19+,20+,21-,24+,25-,28-,29-,30-,32+,34+,35-/m1/s1. The van der Waals surface area contributed by atoms with E-state index in [-0.39, 0.29) is 25.0 Å². The SMILES string of the molecule is CC[C@H]1OC(=O)[C@H](C)C(=O)[C@H](C)[C@@H](O[C@@H]2O[C@H](C)C[C@H](N(C)C)[C@H]2OC(C)=O)[C@@](C)(OC)C[C@@H](C)/C(=N\OC(C)=O)[C@H](C)[C@H]2OC(=O)O[C@@]21C. The number of nitrogens with zero attached hydrogens (tertiary/aromatic N) is 2. The van der Waals surface area contributed by atoms with E-state index < -0.39 is 95.4 Å². The molecule has 50 heavy (non-hydrogen) atoms. The van der Waals surface area contributed by atoms with Crippen molar-refractivity contribution in [2.24, 2.45) is 28.8 Å². The van der Waals surface area contributed by atoms with Gasteiger partial charge < -0.3 is 42.9 Å². The molecule has 3 rings (SSSR count). The second kappa shape index (κ2) is 16.5. The Balaban J connectivity index is 2.22. The van der Waals surface area contributed by atoms with Gasteiger partial charge in [-0.3, -0.25) is 14.4 Å². The number of Topliss-reactive ketones (excluding diaryl/α,β-unsaturated/α-hetero) is 1. The molecule has 0 aromatic carbocycles. The van der Waals surface area contributed by atoms with Gasteiger partial charge in [-0.15, -0.1) is 0 Å². The summed E-state index contributed by atoms with van der Waals surface area (Å²) >= 11 is 0. The maximum absolute atomic E-state index is 14.2. The highest BCUT2D eigenvalue weighted by Crippen LogP contribution is 2.42. The van der Waals surface area contributed by atoms with E-state index in [1.807, 2.05) is 32.8 Å². The molecule has 3 fully saturated rings. The highest BCUT2D eigenvalue weighted by atomic mass is 16.8. The zero-order chi connectivity index (χ0) is 37.9. The molecule has 0 spiro atoms. The summed E-state index contributed by atoms with van der Waals surface area (Å²) in [5.74, 6) is -6.02. The van der Waals surface area contributed by atoms with Crippen LogP contribution in [0.1, 0.15) is 88.5 Å². The smallest absolute Gasteiger partial charge is 0.457 e. The lowest BCUT2D eigenvalue weighted by molar-refractivity contribution is -0.297. The molecule has 3 heterocycles. The highest BCUT2D eigenvalue weighted by Gasteiger charge is 2.59. The molecule has 3 aliphatic rings. The van der Waals surface area contributed by atoms with Crippen molar-refractivity contribution >= 4 is 35.6 Å². The van der Waals surface area contributed by atoms with E-state index in [1.54, 1.807) is 34.6 Å². The number of hydrogen-bond acceptors (Lipinski definition) is 15. The summed E-state index contributed by atoms with van der Waals surface area (Å²) in [6.45, 7) is 16.2. The van der Waals surface area contributed by atoms with E-state index >= 15 is 0 Å². The average molecular weight is 713 g/mol.